The highest BCUT2D eigenvalue weighted by Crippen LogP contribution is 2.47. The number of pyridine rings is 1. The molecule has 0 aliphatic carbocycles. The van der Waals surface area contributed by atoms with Gasteiger partial charge < -0.3 is 4.74 Å². The summed E-state index contributed by atoms with van der Waals surface area (Å²) in [6.45, 7) is 16.2. The van der Waals surface area contributed by atoms with Gasteiger partial charge in [0, 0.05) is 11.5 Å². The lowest BCUT2D eigenvalue weighted by Gasteiger charge is -2.27. The van der Waals surface area contributed by atoms with Crippen LogP contribution in [0, 0.1) is 19.8 Å². The van der Waals surface area contributed by atoms with Gasteiger partial charge >= 0.3 is 0 Å². The summed E-state index contributed by atoms with van der Waals surface area (Å²) in [6, 6.07) is 9.25. The molecule has 2 heterocycles. The van der Waals surface area contributed by atoms with Gasteiger partial charge in [-0.1, -0.05) is 45.6 Å². The molecule has 0 fully saturated rings. The molecule has 146 valence electrons. The molecule has 2 nitrogen and oxygen atoms in total. The maximum absolute atomic E-state index is 6.72. The number of fused-ring (bicyclic) bond motifs is 2. The van der Waals surface area contributed by atoms with Gasteiger partial charge in [0.15, 0.2) is 11.9 Å². The van der Waals surface area contributed by atoms with E-state index < -0.39 is 8.07 Å². The van der Waals surface area contributed by atoms with Gasteiger partial charge in [0.25, 0.3) is 5.69 Å². The van der Waals surface area contributed by atoms with Gasteiger partial charge in [-0.25, -0.2) is 0 Å². The number of hydrogen-bond donors (Lipinski definition) is 0. The average molecular weight is 391 g/mol. The van der Waals surface area contributed by atoms with E-state index in [1.165, 1.54) is 43.9 Å². The van der Waals surface area contributed by atoms with Crippen LogP contribution in [0.25, 0.3) is 22.0 Å². The van der Waals surface area contributed by atoms with E-state index in [9.17, 15) is 0 Å². The topological polar surface area (TPSA) is 13.1 Å². The molecular weight excluding hydrogens is 358 g/mol. The largest absolute Gasteiger partial charge is 0.450 e. The Morgan fingerprint density at radius 2 is 1.79 bits per heavy atom. The Morgan fingerprint density at radius 1 is 1.07 bits per heavy atom. The number of ether oxygens (including phenoxy) is 1. The second-order valence-corrected chi connectivity index (χ2v) is 14.9. The van der Waals surface area contributed by atoms with Crippen molar-refractivity contribution in [2.45, 2.75) is 53.8 Å². The third kappa shape index (κ3) is 2.97. The fraction of sp³-hybridized carbons (Fsp3) is 0.400. The van der Waals surface area contributed by atoms with Gasteiger partial charge in [-0.15, -0.1) is 0 Å². The Labute approximate surface area is 170 Å². The van der Waals surface area contributed by atoms with Crippen molar-refractivity contribution < 1.29 is 9.30 Å². The van der Waals surface area contributed by atoms with Crippen molar-refractivity contribution >= 4 is 24.0 Å². The molecule has 0 unspecified atom stereocenters. The molecule has 3 heteroatoms. The van der Waals surface area contributed by atoms with Crippen molar-refractivity contribution in [1.82, 2.24) is 0 Å². The van der Waals surface area contributed by atoms with E-state index in [0.29, 0.717) is 5.92 Å². The summed E-state index contributed by atoms with van der Waals surface area (Å²) in [5.41, 5.74) is 6.66. The predicted molar refractivity (Wildman–Crippen MR) is 122 cm³/mol. The third-order valence-electron chi connectivity index (χ3n) is 5.96. The minimum Gasteiger partial charge on any atom is -0.450 e. The molecule has 0 spiro atoms. The molecule has 0 saturated carbocycles. The lowest BCUT2D eigenvalue weighted by atomic mass is 9.89. The van der Waals surface area contributed by atoms with Crippen molar-refractivity contribution in [3.8, 4) is 22.8 Å². The van der Waals surface area contributed by atoms with E-state index in [1.54, 1.807) is 0 Å². The standard InChI is InChI=1S/C25H32NOSi/c1-15(2)11-18-13-19-12-16(3)17(4)22-23(19)20(14-18)27-25-21(28(6,7)8)9-10-26(5)24(22)25/h9-10,12-15H,11H2,1-8H3/q+1. The summed E-state index contributed by atoms with van der Waals surface area (Å²) in [5, 5.41) is 3.97. The van der Waals surface area contributed by atoms with E-state index >= 15 is 0 Å². The first-order chi connectivity index (χ1) is 13.1. The van der Waals surface area contributed by atoms with Crippen LogP contribution in [0.3, 0.4) is 0 Å². The summed E-state index contributed by atoms with van der Waals surface area (Å²) >= 11 is 0. The maximum atomic E-state index is 6.72. The van der Waals surface area contributed by atoms with Crippen molar-refractivity contribution in [2.75, 3.05) is 0 Å². The van der Waals surface area contributed by atoms with Gasteiger partial charge in [0.05, 0.1) is 13.6 Å². The highest BCUT2D eigenvalue weighted by Gasteiger charge is 2.35. The molecule has 2 aromatic carbocycles. The molecule has 0 saturated heterocycles. The van der Waals surface area contributed by atoms with Crippen LogP contribution in [0.15, 0.2) is 30.5 Å². The lowest BCUT2D eigenvalue weighted by molar-refractivity contribution is -0.660. The smallest absolute Gasteiger partial charge is 0.256 e. The molecule has 0 N–H and O–H groups in total. The number of aryl methyl sites for hydroxylation is 2. The first-order valence-corrected chi connectivity index (χ1v) is 13.9. The Balaban J connectivity index is 2.13. The fourth-order valence-electron chi connectivity index (χ4n) is 4.49. The molecule has 0 amide bonds. The SMILES string of the molecule is Cc1cc2cc(CC(C)C)cc3c2c(c1C)-c1c(c([Si](C)(C)C)cc[n+]1C)O3. The van der Waals surface area contributed by atoms with Gasteiger partial charge in [-0.3, -0.25) is 0 Å². The van der Waals surface area contributed by atoms with Crippen LogP contribution < -0.4 is 14.5 Å². The van der Waals surface area contributed by atoms with E-state index in [1.807, 2.05) is 0 Å². The summed E-state index contributed by atoms with van der Waals surface area (Å²) in [4.78, 5) is 0. The second-order valence-electron chi connectivity index (χ2n) is 9.85. The van der Waals surface area contributed by atoms with Crippen LogP contribution in [-0.2, 0) is 13.5 Å². The minimum absolute atomic E-state index is 0.627. The van der Waals surface area contributed by atoms with Crippen molar-refractivity contribution in [2.24, 2.45) is 13.0 Å². The lowest BCUT2D eigenvalue weighted by Crippen LogP contribution is -2.43. The zero-order valence-electron chi connectivity index (χ0n) is 18.5. The van der Waals surface area contributed by atoms with Gasteiger partial charge in [0.2, 0.25) is 0 Å². The molecule has 1 aliphatic rings. The normalized spacial score (nSPS) is 13.0. The Hall–Kier alpha value is -2.13. The van der Waals surface area contributed by atoms with Gasteiger partial charge in [0.1, 0.15) is 12.8 Å². The monoisotopic (exact) mass is 390 g/mol. The predicted octanol–water partition coefficient (Wildman–Crippen LogP) is 5.80. The molecular formula is C25H32NOSi+. The zero-order chi connectivity index (χ0) is 20.4. The zero-order valence-corrected chi connectivity index (χ0v) is 19.5. The third-order valence-corrected chi connectivity index (χ3v) is 7.97. The molecule has 0 atom stereocenters. The number of rotatable bonds is 3. The molecule has 0 radical (unpaired) electrons. The first-order valence-electron chi connectivity index (χ1n) is 10.4. The summed E-state index contributed by atoms with van der Waals surface area (Å²) in [6.07, 6.45) is 3.28. The van der Waals surface area contributed by atoms with Crippen LogP contribution in [0.5, 0.6) is 11.5 Å². The van der Waals surface area contributed by atoms with Gasteiger partial charge in [-0.2, -0.15) is 4.57 Å². The van der Waals surface area contributed by atoms with Crippen LogP contribution in [-0.4, -0.2) is 8.07 Å². The Morgan fingerprint density at radius 3 is 2.43 bits per heavy atom. The van der Waals surface area contributed by atoms with Crippen LogP contribution in [0.4, 0.5) is 0 Å². The van der Waals surface area contributed by atoms with E-state index in [4.69, 9.17) is 4.74 Å². The molecule has 4 rings (SSSR count). The van der Waals surface area contributed by atoms with Crippen molar-refractivity contribution in [3.05, 3.63) is 47.2 Å². The van der Waals surface area contributed by atoms with E-state index in [-0.39, 0.29) is 0 Å². The van der Waals surface area contributed by atoms with Crippen LogP contribution >= 0.6 is 0 Å². The number of nitrogens with zero attached hydrogens (tertiary/aromatic N) is 1. The molecule has 0 bridgehead atoms. The van der Waals surface area contributed by atoms with Gasteiger partial charge in [-0.05, 0) is 59.5 Å². The van der Waals surface area contributed by atoms with Crippen LogP contribution in [0.2, 0.25) is 19.6 Å². The maximum Gasteiger partial charge on any atom is 0.256 e. The van der Waals surface area contributed by atoms with E-state index in [0.717, 1.165) is 17.9 Å². The fourth-order valence-corrected chi connectivity index (χ4v) is 5.91. The number of benzene rings is 2. The quantitative estimate of drug-likeness (QED) is 0.318. The highest BCUT2D eigenvalue weighted by molar-refractivity contribution is 6.89. The number of aromatic nitrogens is 1. The number of hydrogen-bond acceptors (Lipinski definition) is 1. The molecule has 28 heavy (non-hydrogen) atoms. The van der Waals surface area contributed by atoms with Crippen molar-refractivity contribution in [3.63, 3.8) is 0 Å². The molecule has 1 aliphatic heterocycles. The average Bonchev–Trinajstić information content (AvgIpc) is 2.56. The summed E-state index contributed by atoms with van der Waals surface area (Å²) in [5.74, 6) is 2.74. The Kier molecular flexibility index (Phi) is 4.42. The first kappa shape index (κ1) is 19.2. The summed E-state index contributed by atoms with van der Waals surface area (Å²) < 4.78 is 8.96. The van der Waals surface area contributed by atoms with Crippen LogP contribution in [0.1, 0.15) is 30.5 Å². The summed E-state index contributed by atoms with van der Waals surface area (Å²) in [7, 11) is 0.592. The highest BCUT2D eigenvalue weighted by atomic mass is 28.3. The minimum atomic E-state index is -1.55. The van der Waals surface area contributed by atoms with E-state index in [2.05, 4.69) is 89.4 Å². The molecule has 1 aromatic heterocycles. The second kappa shape index (κ2) is 6.45. The van der Waals surface area contributed by atoms with Crippen molar-refractivity contribution in [1.29, 1.82) is 0 Å². The molecule has 3 aromatic rings. The Bertz CT molecular complexity index is 1110.